The van der Waals surface area contributed by atoms with Crippen LogP contribution in [0, 0.1) is 21.4 Å². The summed E-state index contributed by atoms with van der Waals surface area (Å²) >= 11 is 0. The lowest BCUT2D eigenvalue weighted by molar-refractivity contribution is -0.384. The fourth-order valence-electron chi connectivity index (χ4n) is 2.85. The number of fused-ring (bicyclic) bond motifs is 1. The van der Waals surface area contributed by atoms with Crippen molar-refractivity contribution < 1.29 is 9.72 Å². The molecule has 2 aromatic carbocycles. The third-order valence-electron chi connectivity index (χ3n) is 4.21. The number of nitriles is 1. The van der Waals surface area contributed by atoms with Crippen LogP contribution in [-0.2, 0) is 6.42 Å². The Kier molecular flexibility index (Phi) is 4.63. The first-order valence-electron chi connectivity index (χ1n) is 8.05. The maximum absolute atomic E-state index is 12.8. The molecule has 0 unspecified atom stereocenters. The van der Waals surface area contributed by atoms with Gasteiger partial charge in [0.15, 0.2) is 0 Å². The minimum atomic E-state index is -0.499. The van der Waals surface area contributed by atoms with Crippen LogP contribution in [0.2, 0.25) is 0 Å². The zero-order chi connectivity index (χ0) is 18.7. The van der Waals surface area contributed by atoms with Crippen LogP contribution in [0.25, 0.3) is 17.0 Å². The number of hydrogen-bond donors (Lipinski definition) is 1. The van der Waals surface area contributed by atoms with Gasteiger partial charge in [-0.3, -0.25) is 14.9 Å². The molecule has 0 aliphatic rings. The second-order valence-electron chi connectivity index (χ2n) is 5.74. The number of ketones is 1. The summed E-state index contributed by atoms with van der Waals surface area (Å²) in [5.74, 6) is -0.384. The van der Waals surface area contributed by atoms with E-state index in [1.165, 1.54) is 30.3 Å². The van der Waals surface area contributed by atoms with Gasteiger partial charge in [-0.1, -0.05) is 25.1 Å². The largest absolute Gasteiger partial charge is 0.360 e. The van der Waals surface area contributed by atoms with E-state index in [0.29, 0.717) is 11.1 Å². The van der Waals surface area contributed by atoms with E-state index in [2.05, 4.69) is 4.98 Å². The maximum Gasteiger partial charge on any atom is 0.269 e. The van der Waals surface area contributed by atoms with E-state index in [-0.39, 0.29) is 17.0 Å². The van der Waals surface area contributed by atoms with E-state index in [4.69, 9.17) is 0 Å². The molecule has 6 heteroatoms. The molecule has 26 heavy (non-hydrogen) atoms. The number of Topliss-reactive ketones (excluding diaryl/α,β-unsaturated/α-hetero) is 1. The fraction of sp³-hybridized carbons (Fsp3) is 0.100. The van der Waals surface area contributed by atoms with Crippen molar-refractivity contribution in [1.82, 2.24) is 4.98 Å². The lowest BCUT2D eigenvalue weighted by Crippen LogP contribution is -2.01. The number of non-ortho nitro benzene ring substituents is 1. The zero-order valence-corrected chi connectivity index (χ0v) is 14.0. The van der Waals surface area contributed by atoms with Gasteiger partial charge in [-0.2, -0.15) is 5.26 Å². The van der Waals surface area contributed by atoms with Crippen molar-refractivity contribution in [1.29, 1.82) is 5.26 Å². The lowest BCUT2D eigenvalue weighted by atomic mass is 10.00. The van der Waals surface area contributed by atoms with Crippen molar-refractivity contribution >= 4 is 28.4 Å². The Morgan fingerprint density at radius 2 is 2.00 bits per heavy atom. The average Bonchev–Trinajstić information content (AvgIpc) is 3.10. The number of carbonyl (C=O) groups is 1. The number of H-pyrrole nitrogens is 1. The molecule has 0 radical (unpaired) electrons. The summed E-state index contributed by atoms with van der Waals surface area (Å²) in [6.07, 6.45) is 3.89. The molecule has 0 saturated heterocycles. The van der Waals surface area contributed by atoms with Crippen LogP contribution in [0.15, 0.2) is 54.2 Å². The summed E-state index contributed by atoms with van der Waals surface area (Å²) < 4.78 is 0. The standard InChI is InChI=1S/C20H15N3O3/c1-2-14-4-3-5-17-18(12-22-19(14)17)20(24)15(11-21)10-13-6-8-16(9-7-13)23(25)26/h3-10,12,22H,2H2,1H3/b15-10+. The van der Waals surface area contributed by atoms with Crippen molar-refractivity contribution in [3.8, 4) is 6.07 Å². The molecule has 128 valence electrons. The van der Waals surface area contributed by atoms with E-state index in [0.717, 1.165) is 22.9 Å². The molecule has 0 spiro atoms. The minimum absolute atomic E-state index is 0.0262. The SMILES string of the molecule is CCc1cccc2c(C(=O)/C(C#N)=C/c3ccc([N+](=O)[O-])cc3)c[nH]c12. The molecule has 0 aliphatic heterocycles. The third kappa shape index (κ3) is 3.10. The van der Waals surface area contributed by atoms with Crippen LogP contribution in [0.5, 0.6) is 0 Å². The Hall–Kier alpha value is -3.72. The summed E-state index contributed by atoms with van der Waals surface area (Å²) in [6, 6.07) is 13.3. The number of allylic oxidation sites excluding steroid dienone is 1. The number of carbonyl (C=O) groups excluding carboxylic acids is 1. The maximum atomic E-state index is 12.8. The normalized spacial score (nSPS) is 11.3. The number of benzene rings is 2. The van der Waals surface area contributed by atoms with Crippen molar-refractivity contribution in [3.63, 3.8) is 0 Å². The third-order valence-corrected chi connectivity index (χ3v) is 4.21. The van der Waals surface area contributed by atoms with E-state index in [9.17, 15) is 20.2 Å². The van der Waals surface area contributed by atoms with E-state index in [1.807, 2.05) is 31.2 Å². The number of aromatic amines is 1. The van der Waals surface area contributed by atoms with Gasteiger partial charge in [0.2, 0.25) is 5.78 Å². The molecular formula is C20H15N3O3. The highest BCUT2D eigenvalue weighted by molar-refractivity contribution is 6.20. The minimum Gasteiger partial charge on any atom is -0.360 e. The Bertz CT molecular complexity index is 1070. The molecule has 0 bridgehead atoms. The molecule has 0 fully saturated rings. The van der Waals surface area contributed by atoms with E-state index >= 15 is 0 Å². The van der Waals surface area contributed by atoms with E-state index < -0.39 is 4.92 Å². The van der Waals surface area contributed by atoms with Crippen LogP contribution >= 0.6 is 0 Å². The first kappa shape index (κ1) is 17.1. The molecule has 6 nitrogen and oxygen atoms in total. The average molecular weight is 345 g/mol. The second-order valence-corrected chi connectivity index (χ2v) is 5.74. The van der Waals surface area contributed by atoms with Gasteiger partial charge in [-0.05, 0) is 35.8 Å². The number of rotatable bonds is 5. The molecule has 1 N–H and O–H groups in total. The summed E-state index contributed by atoms with van der Waals surface area (Å²) in [5.41, 5.74) is 2.90. The van der Waals surface area contributed by atoms with Crippen molar-refractivity contribution in [3.05, 3.63) is 81.0 Å². The Morgan fingerprint density at radius 3 is 2.62 bits per heavy atom. The highest BCUT2D eigenvalue weighted by atomic mass is 16.6. The number of aromatic nitrogens is 1. The summed E-state index contributed by atoms with van der Waals surface area (Å²) in [7, 11) is 0. The Morgan fingerprint density at radius 1 is 1.27 bits per heavy atom. The molecule has 0 atom stereocenters. The van der Waals surface area contributed by atoms with Crippen LogP contribution < -0.4 is 0 Å². The topological polar surface area (TPSA) is 99.8 Å². The first-order chi connectivity index (χ1) is 12.5. The predicted octanol–water partition coefficient (Wildman–Crippen LogP) is 4.43. The van der Waals surface area contributed by atoms with Gasteiger partial charge < -0.3 is 4.98 Å². The summed E-state index contributed by atoms with van der Waals surface area (Å²) in [4.78, 5) is 26.1. The number of hydrogen-bond acceptors (Lipinski definition) is 4. The van der Waals surface area contributed by atoms with Gasteiger partial charge in [0.05, 0.1) is 4.92 Å². The number of nitrogens with zero attached hydrogens (tertiary/aromatic N) is 2. The number of nitro groups is 1. The first-order valence-corrected chi connectivity index (χ1v) is 8.05. The van der Waals surface area contributed by atoms with Gasteiger partial charge >= 0.3 is 0 Å². The second kappa shape index (κ2) is 7.03. The van der Waals surface area contributed by atoms with Crippen LogP contribution in [0.4, 0.5) is 5.69 Å². The summed E-state index contributed by atoms with van der Waals surface area (Å²) in [5, 5.41) is 20.9. The summed E-state index contributed by atoms with van der Waals surface area (Å²) in [6.45, 7) is 2.03. The van der Waals surface area contributed by atoms with Crippen molar-refractivity contribution in [2.24, 2.45) is 0 Å². The Labute approximate surface area is 149 Å². The monoisotopic (exact) mass is 345 g/mol. The van der Waals surface area contributed by atoms with E-state index in [1.54, 1.807) is 6.20 Å². The molecule has 3 aromatic rings. The highest BCUT2D eigenvalue weighted by Crippen LogP contribution is 2.25. The highest BCUT2D eigenvalue weighted by Gasteiger charge is 2.17. The van der Waals surface area contributed by atoms with Gasteiger partial charge in [0.1, 0.15) is 11.6 Å². The fourth-order valence-corrected chi connectivity index (χ4v) is 2.85. The number of para-hydroxylation sites is 1. The van der Waals surface area contributed by atoms with Gasteiger partial charge in [-0.15, -0.1) is 0 Å². The van der Waals surface area contributed by atoms with Gasteiger partial charge in [-0.25, -0.2) is 0 Å². The number of aryl methyl sites for hydroxylation is 1. The van der Waals surface area contributed by atoms with Crippen LogP contribution in [0.3, 0.4) is 0 Å². The molecule has 1 aromatic heterocycles. The Balaban J connectivity index is 1.99. The predicted molar refractivity (Wildman–Crippen MR) is 98.7 cm³/mol. The number of nitro benzene ring substituents is 1. The molecule has 1 heterocycles. The number of nitrogens with one attached hydrogen (secondary N) is 1. The van der Waals surface area contributed by atoms with Gasteiger partial charge in [0.25, 0.3) is 5.69 Å². The molecule has 0 saturated carbocycles. The molecular weight excluding hydrogens is 330 g/mol. The smallest absolute Gasteiger partial charge is 0.269 e. The van der Waals surface area contributed by atoms with Crippen molar-refractivity contribution in [2.45, 2.75) is 13.3 Å². The molecule has 0 aliphatic carbocycles. The van der Waals surface area contributed by atoms with Crippen LogP contribution in [-0.4, -0.2) is 15.7 Å². The zero-order valence-electron chi connectivity index (χ0n) is 14.0. The van der Waals surface area contributed by atoms with Gasteiger partial charge in [0, 0.05) is 34.8 Å². The molecule has 3 rings (SSSR count). The quantitative estimate of drug-likeness (QED) is 0.243. The molecule has 0 amide bonds. The lowest BCUT2D eigenvalue weighted by Gasteiger charge is -2.01. The van der Waals surface area contributed by atoms with Crippen LogP contribution in [0.1, 0.15) is 28.4 Å². The van der Waals surface area contributed by atoms with Crippen molar-refractivity contribution in [2.75, 3.05) is 0 Å².